The summed E-state index contributed by atoms with van der Waals surface area (Å²) in [4.78, 5) is 12.7. The van der Waals surface area contributed by atoms with Crippen LogP contribution in [0.4, 0.5) is 5.13 Å². The number of benzene rings is 1. The van der Waals surface area contributed by atoms with Gasteiger partial charge < -0.3 is 9.88 Å². The van der Waals surface area contributed by atoms with E-state index in [1.54, 1.807) is 0 Å². The normalized spacial score (nSPS) is 10.9. The van der Waals surface area contributed by atoms with Crippen molar-refractivity contribution in [3.63, 3.8) is 0 Å². The first kappa shape index (κ1) is 19.6. The molecule has 7 heteroatoms. The van der Waals surface area contributed by atoms with Crippen molar-refractivity contribution in [2.75, 3.05) is 17.6 Å². The summed E-state index contributed by atoms with van der Waals surface area (Å²) in [5, 5.41) is 12.1. The summed E-state index contributed by atoms with van der Waals surface area (Å²) < 4.78 is 3.05. The van der Waals surface area contributed by atoms with Crippen molar-refractivity contribution in [3.8, 4) is 0 Å². The Morgan fingerprint density at radius 3 is 2.74 bits per heavy atom. The highest BCUT2D eigenvalue weighted by Crippen LogP contribution is 2.27. The average molecular weight is 401 g/mol. The second-order valence-corrected chi connectivity index (χ2v) is 8.49. The molecule has 0 aliphatic heterocycles. The number of thioether (sulfide) groups is 1. The first-order chi connectivity index (χ1) is 13.1. The molecule has 5 nitrogen and oxygen atoms in total. The van der Waals surface area contributed by atoms with Gasteiger partial charge >= 0.3 is 0 Å². The van der Waals surface area contributed by atoms with Crippen molar-refractivity contribution in [2.24, 2.45) is 0 Å². The van der Waals surface area contributed by atoms with Crippen LogP contribution in [0, 0.1) is 13.8 Å². The molecule has 0 radical (unpaired) electrons. The maximum Gasteiger partial charge on any atom is 0.206 e. The Morgan fingerprint density at radius 2 is 2.00 bits per heavy atom. The predicted octanol–water partition coefficient (Wildman–Crippen LogP) is 4.61. The second kappa shape index (κ2) is 9.19. The number of aryl methyl sites for hydroxylation is 2. The van der Waals surface area contributed by atoms with Gasteiger partial charge in [-0.25, -0.2) is 0 Å². The quantitative estimate of drug-likeness (QED) is 0.420. The van der Waals surface area contributed by atoms with E-state index in [1.165, 1.54) is 28.7 Å². The lowest BCUT2D eigenvalue weighted by Crippen LogP contribution is -2.08. The maximum atomic E-state index is 12.7. The zero-order chi connectivity index (χ0) is 19.2. The van der Waals surface area contributed by atoms with Gasteiger partial charge in [0.15, 0.2) is 10.1 Å². The Morgan fingerprint density at radius 1 is 1.22 bits per heavy atom. The molecular formula is C20H24N4OS2. The lowest BCUT2D eigenvalue weighted by atomic mass is 10.1. The molecule has 0 amide bonds. The molecule has 0 unspecified atom stereocenters. The van der Waals surface area contributed by atoms with Gasteiger partial charge in [-0.05, 0) is 38.8 Å². The van der Waals surface area contributed by atoms with Crippen LogP contribution >= 0.6 is 23.1 Å². The molecule has 0 saturated carbocycles. The third-order valence-electron chi connectivity index (χ3n) is 4.40. The number of ketones is 1. The van der Waals surface area contributed by atoms with Gasteiger partial charge in [-0.3, -0.25) is 4.79 Å². The van der Waals surface area contributed by atoms with E-state index < -0.39 is 0 Å². The maximum absolute atomic E-state index is 12.7. The number of hydrogen-bond donors (Lipinski definition) is 1. The summed E-state index contributed by atoms with van der Waals surface area (Å²) in [7, 11) is 0. The van der Waals surface area contributed by atoms with Crippen molar-refractivity contribution in [1.29, 1.82) is 0 Å². The number of nitrogens with zero attached hydrogens (tertiary/aromatic N) is 3. The molecule has 0 fully saturated rings. The number of Topliss-reactive ketones (excluding diaryl/α,β-unsaturated/α-hetero) is 1. The SMILES string of the molecule is CCNc1nnc(SCC(=O)c2cc(C)n(CCc3ccccc3)c2C)s1. The molecule has 0 atom stereocenters. The first-order valence-corrected chi connectivity index (χ1v) is 10.8. The zero-order valence-electron chi connectivity index (χ0n) is 15.9. The van der Waals surface area contributed by atoms with Gasteiger partial charge in [-0.1, -0.05) is 53.4 Å². The Hall–Kier alpha value is -2.12. The number of aromatic nitrogens is 3. The van der Waals surface area contributed by atoms with Gasteiger partial charge in [0.05, 0.1) is 5.75 Å². The lowest BCUT2D eigenvalue weighted by Gasteiger charge is -2.10. The van der Waals surface area contributed by atoms with E-state index in [2.05, 4.69) is 51.3 Å². The van der Waals surface area contributed by atoms with Crippen LogP contribution in [0.1, 0.15) is 34.2 Å². The van der Waals surface area contributed by atoms with Crippen LogP contribution in [0.15, 0.2) is 40.7 Å². The van der Waals surface area contributed by atoms with Gasteiger partial charge in [0, 0.05) is 30.0 Å². The summed E-state index contributed by atoms with van der Waals surface area (Å²) in [5.41, 5.74) is 4.28. The molecule has 1 aromatic carbocycles. The highest BCUT2D eigenvalue weighted by atomic mass is 32.2. The number of carbonyl (C=O) groups is 1. The van der Waals surface area contributed by atoms with Crippen LogP contribution in [0.25, 0.3) is 0 Å². The van der Waals surface area contributed by atoms with Crippen molar-refractivity contribution in [3.05, 3.63) is 58.9 Å². The fraction of sp³-hybridized carbons (Fsp3) is 0.350. The summed E-state index contributed by atoms with van der Waals surface area (Å²) in [5.74, 6) is 0.517. The smallest absolute Gasteiger partial charge is 0.206 e. The third kappa shape index (κ3) is 4.99. The fourth-order valence-electron chi connectivity index (χ4n) is 3.01. The molecule has 0 aliphatic rings. The predicted molar refractivity (Wildman–Crippen MR) is 113 cm³/mol. The fourth-order valence-corrected chi connectivity index (χ4v) is 4.71. The van der Waals surface area contributed by atoms with E-state index in [0.717, 1.165) is 45.9 Å². The molecule has 1 N–H and O–H groups in total. The van der Waals surface area contributed by atoms with E-state index in [4.69, 9.17) is 0 Å². The van der Waals surface area contributed by atoms with E-state index in [0.29, 0.717) is 5.75 Å². The van der Waals surface area contributed by atoms with Gasteiger partial charge in [0.1, 0.15) is 0 Å². The van der Waals surface area contributed by atoms with Gasteiger partial charge in [-0.15, -0.1) is 10.2 Å². The van der Waals surface area contributed by atoms with E-state index in [9.17, 15) is 4.79 Å². The van der Waals surface area contributed by atoms with Crippen LogP contribution in [-0.4, -0.2) is 32.8 Å². The molecule has 142 valence electrons. The van der Waals surface area contributed by atoms with Crippen molar-refractivity contribution < 1.29 is 4.79 Å². The minimum Gasteiger partial charge on any atom is -0.360 e. The Labute approximate surface area is 168 Å². The Bertz CT molecular complexity index is 902. The summed E-state index contributed by atoms with van der Waals surface area (Å²) in [6.45, 7) is 7.81. The monoisotopic (exact) mass is 400 g/mol. The van der Waals surface area contributed by atoms with Gasteiger partial charge in [0.25, 0.3) is 0 Å². The molecule has 0 saturated heterocycles. The molecule has 0 bridgehead atoms. The van der Waals surface area contributed by atoms with Gasteiger partial charge in [0.2, 0.25) is 5.13 Å². The summed E-state index contributed by atoms with van der Waals surface area (Å²) >= 11 is 2.94. The number of anilines is 1. The number of carbonyl (C=O) groups excluding carboxylic acids is 1. The largest absolute Gasteiger partial charge is 0.360 e. The van der Waals surface area contributed by atoms with Crippen LogP contribution in [0.3, 0.4) is 0 Å². The molecule has 27 heavy (non-hydrogen) atoms. The summed E-state index contributed by atoms with van der Waals surface area (Å²) in [6.07, 6.45) is 0.956. The highest BCUT2D eigenvalue weighted by Gasteiger charge is 2.17. The van der Waals surface area contributed by atoms with Crippen molar-refractivity contribution in [2.45, 2.75) is 38.1 Å². The molecule has 0 spiro atoms. The number of rotatable bonds is 9. The number of hydrogen-bond acceptors (Lipinski definition) is 6. The Kier molecular flexibility index (Phi) is 6.68. The van der Waals surface area contributed by atoms with Crippen LogP contribution in [0.2, 0.25) is 0 Å². The zero-order valence-corrected chi connectivity index (χ0v) is 17.5. The molecule has 2 heterocycles. The molecular weight excluding hydrogens is 376 g/mol. The molecule has 3 rings (SSSR count). The standard InChI is InChI=1S/C20H24N4OS2/c1-4-21-19-22-23-20(27-19)26-13-18(25)17-12-14(2)24(15(17)3)11-10-16-8-6-5-7-9-16/h5-9,12H,4,10-11,13H2,1-3H3,(H,21,22). The molecule has 2 aromatic heterocycles. The van der Waals surface area contributed by atoms with Crippen molar-refractivity contribution in [1.82, 2.24) is 14.8 Å². The van der Waals surface area contributed by atoms with E-state index in [1.807, 2.05) is 26.0 Å². The average Bonchev–Trinajstić information content (AvgIpc) is 3.23. The van der Waals surface area contributed by atoms with Crippen LogP contribution in [0.5, 0.6) is 0 Å². The molecule has 3 aromatic rings. The topological polar surface area (TPSA) is 59.8 Å². The Balaban J connectivity index is 1.62. The minimum atomic E-state index is 0.138. The summed E-state index contributed by atoms with van der Waals surface area (Å²) in [6, 6.07) is 12.4. The van der Waals surface area contributed by atoms with Gasteiger partial charge in [-0.2, -0.15) is 0 Å². The minimum absolute atomic E-state index is 0.138. The van der Waals surface area contributed by atoms with E-state index in [-0.39, 0.29) is 5.78 Å². The van der Waals surface area contributed by atoms with Crippen molar-refractivity contribution >= 4 is 34.0 Å². The third-order valence-corrected chi connectivity index (χ3v) is 6.42. The lowest BCUT2D eigenvalue weighted by molar-refractivity contribution is 0.102. The van der Waals surface area contributed by atoms with Crippen LogP contribution in [-0.2, 0) is 13.0 Å². The second-order valence-electron chi connectivity index (χ2n) is 6.29. The molecule has 0 aliphatic carbocycles. The van der Waals surface area contributed by atoms with E-state index >= 15 is 0 Å². The first-order valence-electron chi connectivity index (χ1n) is 9.02. The number of nitrogens with one attached hydrogen (secondary N) is 1. The highest BCUT2D eigenvalue weighted by molar-refractivity contribution is 8.01. The van der Waals surface area contributed by atoms with Crippen LogP contribution < -0.4 is 5.32 Å².